The summed E-state index contributed by atoms with van der Waals surface area (Å²) in [5, 5.41) is 6.40. The summed E-state index contributed by atoms with van der Waals surface area (Å²) in [5.74, 6) is 0.771. The summed E-state index contributed by atoms with van der Waals surface area (Å²) in [6, 6.07) is 12.7. The van der Waals surface area contributed by atoms with E-state index in [4.69, 9.17) is 4.42 Å². The summed E-state index contributed by atoms with van der Waals surface area (Å²) in [4.78, 5) is 34.3. The minimum atomic E-state index is -0.336. The first-order chi connectivity index (χ1) is 15.1. The van der Waals surface area contributed by atoms with Crippen molar-refractivity contribution in [1.29, 1.82) is 0 Å². The van der Waals surface area contributed by atoms with Crippen molar-refractivity contribution in [2.24, 2.45) is 0 Å². The van der Waals surface area contributed by atoms with Gasteiger partial charge in [0, 0.05) is 45.0 Å². The maximum absolute atomic E-state index is 12.6. The van der Waals surface area contributed by atoms with Crippen LogP contribution in [0.15, 0.2) is 59.3 Å². The molecule has 1 aliphatic heterocycles. The molecule has 9 heteroatoms. The van der Waals surface area contributed by atoms with Crippen molar-refractivity contribution in [3.05, 3.63) is 65.6 Å². The zero-order valence-electron chi connectivity index (χ0n) is 17.3. The predicted octanol–water partition coefficient (Wildman–Crippen LogP) is 2.93. The number of furan rings is 1. The second-order valence-corrected chi connectivity index (χ2v) is 8.53. The van der Waals surface area contributed by atoms with E-state index in [0.29, 0.717) is 9.88 Å². The Hall–Kier alpha value is -3.17. The molecule has 1 unspecified atom stereocenters. The van der Waals surface area contributed by atoms with Crippen LogP contribution in [-0.2, 0) is 0 Å². The third-order valence-electron chi connectivity index (χ3n) is 5.07. The Morgan fingerprint density at radius 1 is 1.10 bits per heavy atom. The lowest BCUT2D eigenvalue weighted by atomic mass is 10.2. The molecule has 8 nitrogen and oxygen atoms in total. The number of hydrogen-bond acceptors (Lipinski definition) is 7. The van der Waals surface area contributed by atoms with Gasteiger partial charge in [-0.25, -0.2) is 4.98 Å². The number of thiophene rings is 1. The minimum absolute atomic E-state index is 0.0113. The molecular weight excluding hydrogens is 414 g/mol. The number of amides is 2. The van der Waals surface area contributed by atoms with E-state index in [-0.39, 0.29) is 23.6 Å². The molecule has 0 aliphatic carbocycles. The van der Waals surface area contributed by atoms with Crippen molar-refractivity contribution in [3.8, 4) is 0 Å². The lowest BCUT2D eigenvalue weighted by molar-refractivity contribution is 0.0931. The number of carbonyl (C=O) groups is 2. The number of rotatable bonds is 7. The van der Waals surface area contributed by atoms with Crippen LogP contribution in [0, 0.1) is 0 Å². The van der Waals surface area contributed by atoms with E-state index in [9.17, 15) is 9.59 Å². The molecule has 4 heterocycles. The van der Waals surface area contributed by atoms with Crippen LogP contribution in [-0.4, -0.2) is 60.5 Å². The van der Waals surface area contributed by atoms with Gasteiger partial charge in [-0.3, -0.25) is 14.5 Å². The van der Waals surface area contributed by atoms with Crippen molar-refractivity contribution in [1.82, 2.24) is 15.2 Å². The Labute approximate surface area is 184 Å². The van der Waals surface area contributed by atoms with Crippen molar-refractivity contribution < 1.29 is 14.0 Å². The molecule has 3 aromatic rings. The fraction of sp³-hybridized carbons (Fsp3) is 0.318. The van der Waals surface area contributed by atoms with Crippen LogP contribution >= 0.6 is 11.3 Å². The molecule has 162 valence electrons. The molecule has 0 radical (unpaired) electrons. The minimum Gasteiger partial charge on any atom is -0.459 e. The quantitative estimate of drug-likeness (QED) is 0.588. The van der Waals surface area contributed by atoms with Crippen LogP contribution in [0.2, 0.25) is 0 Å². The number of anilines is 2. The van der Waals surface area contributed by atoms with Gasteiger partial charge in [0.15, 0.2) is 5.76 Å². The Morgan fingerprint density at radius 3 is 2.65 bits per heavy atom. The topological polar surface area (TPSA) is 90.7 Å². The summed E-state index contributed by atoms with van der Waals surface area (Å²) in [6.45, 7) is 6.49. The number of carbonyl (C=O) groups excluding carboxylic acids is 2. The third kappa shape index (κ3) is 5.50. The third-order valence-corrected chi connectivity index (χ3v) is 6.07. The summed E-state index contributed by atoms with van der Waals surface area (Å²) in [7, 11) is 0. The van der Waals surface area contributed by atoms with E-state index in [1.807, 2.05) is 31.3 Å². The van der Waals surface area contributed by atoms with Gasteiger partial charge in [-0.1, -0.05) is 6.07 Å². The van der Waals surface area contributed by atoms with Gasteiger partial charge in [-0.2, -0.15) is 0 Å². The van der Waals surface area contributed by atoms with Crippen molar-refractivity contribution in [2.45, 2.75) is 13.0 Å². The highest BCUT2D eigenvalue weighted by Gasteiger charge is 2.21. The van der Waals surface area contributed by atoms with Gasteiger partial charge < -0.3 is 20.0 Å². The number of pyridine rings is 1. The molecule has 1 aliphatic rings. The van der Waals surface area contributed by atoms with Gasteiger partial charge in [-0.15, -0.1) is 11.3 Å². The molecule has 1 saturated heterocycles. The molecule has 0 bridgehead atoms. The van der Waals surface area contributed by atoms with Crippen LogP contribution in [0.3, 0.4) is 0 Å². The molecule has 3 aromatic heterocycles. The van der Waals surface area contributed by atoms with Crippen LogP contribution < -0.4 is 15.5 Å². The zero-order valence-corrected chi connectivity index (χ0v) is 18.1. The van der Waals surface area contributed by atoms with Crippen molar-refractivity contribution in [3.63, 3.8) is 0 Å². The standard InChI is InChI=1S/C22H25N5O3S/c1-16(15-26-10-12-27(13-11-26)19-6-2-3-9-23-19)24-22(29)18-7-8-20(31-18)25-21(28)17-5-4-14-30-17/h2-9,14,16H,10-13,15H2,1H3,(H,24,29)(H,25,28). The lowest BCUT2D eigenvalue weighted by Crippen LogP contribution is -2.51. The molecule has 31 heavy (non-hydrogen) atoms. The normalized spacial score (nSPS) is 15.5. The fourth-order valence-electron chi connectivity index (χ4n) is 3.54. The first-order valence-electron chi connectivity index (χ1n) is 10.2. The Bertz CT molecular complexity index is 997. The second-order valence-electron chi connectivity index (χ2n) is 7.45. The Morgan fingerprint density at radius 2 is 1.94 bits per heavy atom. The highest BCUT2D eigenvalue weighted by Crippen LogP contribution is 2.23. The summed E-state index contributed by atoms with van der Waals surface area (Å²) in [6.07, 6.45) is 3.26. The summed E-state index contributed by atoms with van der Waals surface area (Å²) in [5.41, 5.74) is 0. The zero-order chi connectivity index (χ0) is 21.6. The summed E-state index contributed by atoms with van der Waals surface area (Å²) < 4.78 is 5.08. The smallest absolute Gasteiger partial charge is 0.291 e. The molecule has 4 rings (SSSR count). The average molecular weight is 440 g/mol. The largest absolute Gasteiger partial charge is 0.459 e. The highest BCUT2D eigenvalue weighted by molar-refractivity contribution is 7.18. The van der Waals surface area contributed by atoms with Crippen LogP contribution in [0.1, 0.15) is 27.2 Å². The van der Waals surface area contributed by atoms with E-state index in [1.165, 1.54) is 17.6 Å². The Balaban J connectivity index is 1.23. The Kier molecular flexibility index (Phi) is 6.63. The van der Waals surface area contributed by atoms with Crippen molar-refractivity contribution >= 4 is 34.0 Å². The number of aromatic nitrogens is 1. The summed E-state index contributed by atoms with van der Waals surface area (Å²) >= 11 is 1.24. The molecule has 0 aromatic carbocycles. The van der Waals surface area contributed by atoms with Gasteiger partial charge >= 0.3 is 0 Å². The maximum atomic E-state index is 12.6. The molecule has 2 amide bonds. The molecule has 1 fully saturated rings. The van der Waals surface area contributed by atoms with Crippen LogP contribution in [0.25, 0.3) is 0 Å². The molecule has 1 atom stereocenters. The predicted molar refractivity (Wildman–Crippen MR) is 121 cm³/mol. The van der Waals surface area contributed by atoms with Gasteiger partial charge in [0.2, 0.25) is 0 Å². The first kappa shape index (κ1) is 21.1. The van der Waals surface area contributed by atoms with Gasteiger partial charge in [0.25, 0.3) is 11.8 Å². The highest BCUT2D eigenvalue weighted by atomic mass is 32.1. The van der Waals surface area contributed by atoms with Gasteiger partial charge in [-0.05, 0) is 43.3 Å². The van der Waals surface area contributed by atoms with E-state index in [2.05, 4.69) is 25.4 Å². The van der Waals surface area contributed by atoms with Gasteiger partial charge in [0.1, 0.15) is 5.82 Å². The molecule has 2 N–H and O–H groups in total. The SMILES string of the molecule is CC(CN1CCN(c2ccccn2)CC1)NC(=O)c1ccc(NC(=O)c2ccco2)s1. The number of hydrogen-bond donors (Lipinski definition) is 2. The number of nitrogens with zero attached hydrogens (tertiary/aromatic N) is 3. The van der Waals surface area contributed by atoms with E-state index in [0.717, 1.165) is 38.5 Å². The van der Waals surface area contributed by atoms with E-state index < -0.39 is 0 Å². The second kappa shape index (κ2) is 9.76. The van der Waals surface area contributed by atoms with Crippen molar-refractivity contribution in [2.75, 3.05) is 42.9 Å². The van der Waals surface area contributed by atoms with Gasteiger partial charge in [0.05, 0.1) is 16.1 Å². The number of piperazine rings is 1. The van der Waals surface area contributed by atoms with Crippen LogP contribution in [0.5, 0.6) is 0 Å². The molecular formula is C22H25N5O3S. The fourth-order valence-corrected chi connectivity index (χ4v) is 4.34. The molecule has 0 saturated carbocycles. The molecule has 0 spiro atoms. The lowest BCUT2D eigenvalue weighted by Gasteiger charge is -2.36. The number of nitrogens with one attached hydrogen (secondary N) is 2. The monoisotopic (exact) mass is 439 g/mol. The van der Waals surface area contributed by atoms with E-state index >= 15 is 0 Å². The maximum Gasteiger partial charge on any atom is 0.291 e. The van der Waals surface area contributed by atoms with E-state index in [1.54, 1.807) is 24.3 Å². The average Bonchev–Trinajstić information content (AvgIpc) is 3.47. The first-order valence-corrected chi connectivity index (χ1v) is 11.0. The van der Waals surface area contributed by atoms with Crippen LogP contribution in [0.4, 0.5) is 10.8 Å².